The Labute approximate surface area is 114 Å². The Balaban J connectivity index is 2.18. The third kappa shape index (κ3) is 3.37. The van der Waals surface area contributed by atoms with Gasteiger partial charge >= 0.3 is 0 Å². The van der Waals surface area contributed by atoms with Crippen LogP contribution in [0.5, 0.6) is 0 Å². The number of rotatable bonds is 4. The Morgan fingerprint density at radius 1 is 1.15 bits per heavy atom. The molecule has 0 saturated carbocycles. The minimum absolute atomic E-state index is 0.0829. The molecule has 0 aliphatic carbocycles. The average Bonchev–Trinajstić information content (AvgIpc) is 2.39. The van der Waals surface area contributed by atoms with Gasteiger partial charge in [0.15, 0.2) is 6.19 Å². The molecule has 0 atom stereocenters. The molecule has 20 heavy (non-hydrogen) atoms. The zero-order valence-electron chi connectivity index (χ0n) is 9.85. The van der Waals surface area contributed by atoms with Gasteiger partial charge in [0, 0.05) is 5.69 Å². The number of nitriles is 1. The van der Waals surface area contributed by atoms with Crippen LogP contribution < -0.4 is 10.6 Å². The van der Waals surface area contributed by atoms with Crippen molar-refractivity contribution < 1.29 is 13.0 Å². The van der Waals surface area contributed by atoms with Crippen LogP contribution in [-0.4, -0.2) is 27.9 Å². The van der Waals surface area contributed by atoms with Gasteiger partial charge in [-0.05, 0) is 24.3 Å². The molecule has 0 saturated heterocycles. The molecule has 2 rings (SSSR count). The Morgan fingerprint density at radius 2 is 1.80 bits per heavy atom. The lowest BCUT2D eigenvalue weighted by atomic mass is 10.3. The second-order valence-electron chi connectivity index (χ2n) is 3.49. The lowest BCUT2D eigenvalue weighted by Gasteiger charge is -2.05. The summed E-state index contributed by atoms with van der Waals surface area (Å²) in [6.45, 7) is 0. The summed E-state index contributed by atoms with van der Waals surface area (Å²) in [6, 6.07) is 5.33. The van der Waals surface area contributed by atoms with Crippen LogP contribution in [0.4, 0.5) is 17.6 Å². The van der Waals surface area contributed by atoms with Crippen LogP contribution in [-0.2, 0) is 10.1 Å². The minimum Gasteiger partial charge on any atom is -0.324 e. The first-order valence-electron chi connectivity index (χ1n) is 5.18. The van der Waals surface area contributed by atoms with E-state index >= 15 is 0 Å². The summed E-state index contributed by atoms with van der Waals surface area (Å²) in [5.41, 5.74) is 0.506. The molecule has 9 nitrogen and oxygen atoms in total. The van der Waals surface area contributed by atoms with Crippen LogP contribution in [0, 0.1) is 11.5 Å². The molecule has 0 fully saturated rings. The van der Waals surface area contributed by atoms with Crippen molar-refractivity contribution in [1.82, 2.24) is 15.0 Å². The second kappa shape index (κ2) is 5.47. The molecule has 3 N–H and O–H groups in total. The van der Waals surface area contributed by atoms with Crippen LogP contribution in [0.25, 0.3) is 0 Å². The van der Waals surface area contributed by atoms with Crippen LogP contribution in [0.15, 0.2) is 35.5 Å². The summed E-state index contributed by atoms with van der Waals surface area (Å²) in [4.78, 5) is 11.2. The smallest absolute Gasteiger partial charge is 0.294 e. The first-order chi connectivity index (χ1) is 9.49. The van der Waals surface area contributed by atoms with Crippen molar-refractivity contribution in [1.29, 1.82) is 5.26 Å². The van der Waals surface area contributed by atoms with Gasteiger partial charge in [0.25, 0.3) is 10.1 Å². The van der Waals surface area contributed by atoms with Crippen molar-refractivity contribution >= 4 is 27.7 Å². The van der Waals surface area contributed by atoms with Crippen molar-refractivity contribution in [3.05, 3.63) is 30.6 Å². The normalized spacial score (nSPS) is 10.6. The SMILES string of the molecule is N#CNc1ncnc(Nc2ccc(S(=O)(=O)O)cc2)n1. The van der Waals surface area contributed by atoms with Crippen molar-refractivity contribution in [3.8, 4) is 6.19 Å². The highest BCUT2D eigenvalue weighted by molar-refractivity contribution is 7.85. The lowest BCUT2D eigenvalue weighted by molar-refractivity contribution is 0.483. The molecular formula is C10H8N6O3S. The van der Waals surface area contributed by atoms with Crippen LogP contribution >= 0.6 is 0 Å². The lowest BCUT2D eigenvalue weighted by Crippen LogP contribution is -2.02. The van der Waals surface area contributed by atoms with E-state index in [0.717, 1.165) is 0 Å². The highest BCUT2D eigenvalue weighted by Crippen LogP contribution is 2.16. The van der Waals surface area contributed by atoms with Gasteiger partial charge in [0.1, 0.15) is 6.33 Å². The predicted molar refractivity (Wildman–Crippen MR) is 68.6 cm³/mol. The topological polar surface area (TPSA) is 141 Å². The molecule has 1 aromatic carbocycles. The zero-order valence-corrected chi connectivity index (χ0v) is 10.7. The molecule has 0 unspecified atom stereocenters. The Kier molecular flexibility index (Phi) is 3.74. The highest BCUT2D eigenvalue weighted by atomic mass is 32.2. The number of hydrogen-bond acceptors (Lipinski definition) is 8. The van der Waals surface area contributed by atoms with Gasteiger partial charge in [-0.3, -0.25) is 9.87 Å². The van der Waals surface area contributed by atoms with Crippen molar-refractivity contribution in [3.63, 3.8) is 0 Å². The van der Waals surface area contributed by atoms with Crippen LogP contribution in [0.3, 0.4) is 0 Å². The van der Waals surface area contributed by atoms with E-state index in [4.69, 9.17) is 9.81 Å². The van der Waals surface area contributed by atoms with Crippen LogP contribution in [0.2, 0.25) is 0 Å². The number of benzene rings is 1. The largest absolute Gasteiger partial charge is 0.324 e. The summed E-state index contributed by atoms with van der Waals surface area (Å²) >= 11 is 0. The Hall–Kier alpha value is -2.77. The third-order valence-corrected chi connectivity index (χ3v) is 3.02. The van der Waals surface area contributed by atoms with E-state index in [1.807, 2.05) is 0 Å². The maximum Gasteiger partial charge on any atom is 0.294 e. The molecule has 0 bridgehead atoms. The molecule has 1 heterocycles. The standard InChI is InChI=1S/C10H8N6O3S/c11-5-12-9-13-6-14-10(16-9)15-7-1-3-8(4-2-7)20(17,18)19/h1-4,6H,(H,17,18,19)(H2,12,13,14,15,16). The molecule has 2 aromatic rings. The van der Waals surface area contributed by atoms with Gasteiger partial charge in [-0.25, -0.2) is 9.97 Å². The van der Waals surface area contributed by atoms with E-state index in [2.05, 4.69) is 25.6 Å². The molecule has 0 amide bonds. The summed E-state index contributed by atoms with van der Waals surface area (Å²) in [5.74, 6) is 0.261. The van der Waals surface area contributed by atoms with Gasteiger partial charge in [0.05, 0.1) is 4.90 Å². The minimum atomic E-state index is -4.22. The molecule has 0 aliphatic rings. The number of nitrogens with zero attached hydrogens (tertiary/aromatic N) is 4. The van der Waals surface area contributed by atoms with E-state index < -0.39 is 10.1 Å². The molecule has 0 aliphatic heterocycles. The second-order valence-corrected chi connectivity index (χ2v) is 4.92. The number of hydrogen-bond donors (Lipinski definition) is 3. The van der Waals surface area contributed by atoms with Crippen molar-refractivity contribution in [2.45, 2.75) is 4.90 Å². The number of nitrogens with one attached hydrogen (secondary N) is 2. The van der Waals surface area contributed by atoms with E-state index in [1.54, 1.807) is 6.19 Å². The fourth-order valence-corrected chi connectivity index (χ4v) is 1.79. The van der Waals surface area contributed by atoms with Gasteiger partial charge in [-0.15, -0.1) is 0 Å². The zero-order chi connectivity index (χ0) is 14.6. The molecule has 0 spiro atoms. The fourth-order valence-electron chi connectivity index (χ4n) is 1.31. The predicted octanol–water partition coefficient (Wildman–Crippen LogP) is 0.755. The maximum atomic E-state index is 10.9. The van der Waals surface area contributed by atoms with Crippen molar-refractivity contribution in [2.75, 3.05) is 10.6 Å². The van der Waals surface area contributed by atoms with Gasteiger partial charge < -0.3 is 5.32 Å². The molecular weight excluding hydrogens is 284 g/mol. The highest BCUT2D eigenvalue weighted by Gasteiger charge is 2.08. The summed E-state index contributed by atoms with van der Waals surface area (Å²) < 4.78 is 30.6. The van der Waals surface area contributed by atoms with Gasteiger partial charge in [-0.2, -0.15) is 18.7 Å². The maximum absolute atomic E-state index is 10.9. The van der Waals surface area contributed by atoms with Gasteiger partial charge in [0.2, 0.25) is 11.9 Å². The summed E-state index contributed by atoms with van der Waals surface area (Å²) in [6.07, 6.45) is 2.88. The van der Waals surface area contributed by atoms with Crippen LogP contribution in [0.1, 0.15) is 0 Å². The van der Waals surface area contributed by atoms with Gasteiger partial charge in [-0.1, -0.05) is 0 Å². The molecule has 102 valence electrons. The third-order valence-electron chi connectivity index (χ3n) is 2.15. The van der Waals surface area contributed by atoms with Crippen molar-refractivity contribution in [2.24, 2.45) is 0 Å². The molecule has 0 radical (unpaired) electrons. The van der Waals surface area contributed by atoms with E-state index in [9.17, 15) is 8.42 Å². The van der Waals surface area contributed by atoms with E-state index in [-0.39, 0.29) is 16.8 Å². The molecule has 1 aromatic heterocycles. The monoisotopic (exact) mass is 292 g/mol. The summed E-state index contributed by atoms with van der Waals surface area (Å²) in [7, 11) is -4.22. The quantitative estimate of drug-likeness (QED) is 0.423. The van der Waals surface area contributed by atoms with E-state index in [1.165, 1.54) is 30.6 Å². The first kappa shape index (κ1) is 13.7. The van der Waals surface area contributed by atoms with E-state index in [0.29, 0.717) is 5.69 Å². The summed E-state index contributed by atoms with van der Waals surface area (Å²) in [5, 5.41) is 13.5. The first-order valence-corrected chi connectivity index (χ1v) is 6.62. The fraction of sp³-hybridized carbons (Fsp3) is 0. The molecule has 10 heteroatoms. The number of aromatic nitrogens is 3. The Morgan fingerprint density at radius 3 is 2.40 bits per heavy atom. The Bertz CT molecular complexity index is 753. The average molecular weight is 292 g/mol. The number of anilines is 3.